The van der Waals surface area contributed by atoms with Crippen molar-refractivity contribution in [3.8, 4) is 6.07 Å². The van der Waals surface area contributed by atoms with Crippen LogP contribution in [0.25, 0.3) is 0 Å². The van der Waals surface area contributed by atoms with Crippen LogP contribution in [0.2, 0.25) is 0 Å². The molecule has 0 spiro atoms. The zero-order chi connectivity index (χ0) is 19.7. The first kappa shape index (κ1) is 21.4. The SMILES string of the molecule is C\C=C/C(OC1C=C/C=C/C/C=C\1C#N)=C(\C(Br)=C\[N+](=O)[O-])C(F)(F)F. The normalized spacial score (nSPS) is 22.5. The zero-order valence-electron chi connectivity index (χ0n) is 13.5. The molecule has 1 rings (SSSR count). The van der Waals surface area contributed by atoms with Gasteiger partial charge in [0.25, 0.3) is 0 Å². The Hall–Kier alpha value is -2.60. The van der Waals surface area contributed by atoms with E-state index in [2.05, 4.69) is 15.9 Å². The summed E-state index contributed by atoms with van der Waals surface area (Å²) in [6, 6.07) is 1.90. The Kier molecular flexibility index (Phi) is 8.06. The molecule has 26 heavy (non-hydrogen) atoms. The lowest BCUT2D eigenvalue weighted by molar-refractivity contribution is -0.402. The molecule has 1 atom stereocenters. The molecule has 0 amide bonds. The van der Waals surface area contributed by atoms with E-state index in [9.17, 15) is 28.5 Å². The van der Waals surface area contributed by atoms with Crippen molar-refractivity contribution in [3.63, 3.8) is 0 Å². The maximum Gasteiger partial charge on any atom is 0.421 e. The highest BCUT2D eigenvalue weighted by Crippen LogP contribution is 2.38. The highest BCUT2D eigenvalue weighted by Gasteiger charge is 2.40. The fraction of sp³-hybridized carbons (Fsp3) is 0.235. The largest absolute Gasteiger partial charge is 0.480 e. The Morgan fingerprint density at radius 1 is 1.50 bits per heavy atom. The van der Waals surface area contributed by atoms with Gasteiger partial charge in [0.05, 0.1) is 16.6 Å². The first-order chi connectivity index (χ1) is 12.2. The van der Waals surface area contributed by atoms with Gasteiger partial charge in [-0.3, -0.25) is 10.1 Å². The Labute approximate surface area is 156 Å². The molecule has 0 saturated heterocycles. The number of allylic oxidation sites excluding steroid dienone is 8. The Bertz CT molecular complexity index is 769. The third-order valence-electron chi connectivity index (χ3n) is 3.00. The highest BCUT2D eigenvalue weighted by molar-refractivity contribution is 9.12. The Morgan fingerprint density at radius 3 is 2.73 bits per heavy atom. The van der Waals surface area contributed by atoms with E-state index in [1.54, 1.807) is 18.2 Å². The summed E-state index contributed by atoms with van der Waals surface area (Å²) < 4.78 is 45.1. The van der Waals surface area contributed by atoms with Crippen molar-refractivity contribution in [2.24, 2.45) is 0 Å². The van der Waals surface area contributed by atoms with Crippen molar-refractivity contribution < 1.29 is 22.8 Å². The topological polar surface area (TPSA) is 76.2 Å². The third-order valence-corrected chi connectivity index (χ3v) is 3.60. The molecular formula is C17H14BrF3N2O3. The van der Waals surface area contributed by atoms with Crippen LogP contribution >= 0.6 is 15.9 Å². The Morgan fingerprint density at radius 2 is 2.19 bits per heavy atom. The maximum absolute atomic E-state index is 13.5. The molecule has 1 aliphatic carbocycles. The second kappa shape index (κ2) is 9.77. The molecule has 0 aliphatic heterocycles. The molecule has 0 N–H and O–H groups in total. The van der Waals surface area contributed by atoms with Crippen LogP contribution in [0.15, 0.2) is 70.1 Å². The summed E-state index contributed by atoms with van der Waals surface area (Å²) in [6.45, 7) is 1.47. The van der Waals surface area contributed by atoms with E-state index in [0.29, 0.717) is 6.42 Å². The van der Waals surface area contributed by atoms with E-state index in [0.717, 1.165) is 6.08 Å². The molecular weight excluding hydrogens is 417 g/mol. The number of nitro groups is 1. The monoisotopic (exact) mass is 430 g/mol. The second-order valence-electron chi connectivity index (χ2n) is 4.86. The fourth-order valence-electron chi connectivity index (χ4n) is 1.97. The lowest BCUT2D eigenvalue weighted by Crippen LogP contribution is -2.20. The lowest BCUT2D eigenvalue weighted by Gasteiger charge is -2.20. The van der Waals surface area contributed by atoms with Gasteiger partial charge in [0.1, 0.15) is 15.8 Å². The maximum atomic E-state index is 13.5. The van der Waals surface area contributed by atoms with E-state index < -0.39 is 33.0 Å². The van der Waals surface area contributed by atoms with Gasteiger partial charge >= 0.3 is 6.18 Å². The minimum absolute atomic E-state index is 0.128. The molecule has 0 radical (unpaired) electrons. The number of halogens is 4. The van der Waals surface area contributed by atoms with Gasteiger partial charge in [-0.1, -0.05) is 30.4 Å². The molecule has 0 saturated carbocycles. The number of alkyl halides is 3. The van der Waals surface area contributed by atoms with Crippen LogP contribution in [0.1, 0.15) is 13.3 Å². The molecule has 1 aliphatic rings. The van der Waals surface area contributed by atoms with Gasteiger partial charge in [0.15, 0.2) is 6.10 Å². The van der Waals surface area contributed by atoms with Crippen LogP contribution in [0.4, 0.5) is 13.2 Å². The summed E-state index contributed by atoms with van der Waals surface area (Å²) >= 11 is 2.60. The van der Waals surface area contributed by atoms with Gasteiger partial charge in [-0.2, -0.15) is 18.4 Å². The lowest BCUT2D eigenvalue weighted by atomic mass is 10.1. The first-order valence-electron chi connectivity index (χ1n) is 7.26. The smallest absolute Gasteiger partial charge is 0.421 e. The third kappa shape index (κ3) is 6.37. The average Bonchev–Trinajstić information content (AvgIpc) is 2.48. The summed E-state index contributed by atoms with van der Waals surface area (Å²) in [6.07, 6.45) is 4.91. The van der Waals surface area contributed by atoms with Crippen LogP contribution in [0.3, 0.4) is 0 Å². The molecule has 138 valence electrons. The summed E-state index contributed by atoms with van der Waals surface area (Å²) in [5.41, 5.74) is -1.22. The molecule has 9 heteroatoms. The van der Waals surface area contributed by atoms with E-state index in [1.807, 2.05) is 6.07 Å². The number of ether oxygens (including phenoxy) is 1. The van der Waals surface area contributed by atoms with Crippen LogP contribution in [-0.2, 0) is 4.74 Å². The second-order valence-corrected chi connectivity index (χ2v) is 5.71. The van der Waals surface area contributed by atoms with Crippen LogP contribution in [0, 0.1) is 21.4 Å². The quantitative estimate of drug-likeness (QED) is 0.258. The van der Waals surface area contributed by atoms with Gasteiger partial charge in [-0.15, -0.1) is 0 Å². The summed E-state index contributed by atoms with van der Waals surface area (Å²) in [5.74, 6) is -0.648. The predicted octanol–water partition coefficient (Wildman–Crippen LogP) is 5.24. The van der Waals surface area contributed by atoms with E-state index in [1.165, 1.54) is 25.2 Å². The number of hydrogen-bond donors (Lipinski definition) is 0. The minimum Gasteiger partial charge on any atom is -0.480 e. The van der Waals surface area contributed by atoms with Crippen molar-refractivity contribution >= 4 is 15.9 Å². The van der Waals surface area contributed by atoms with Gasteiger partial charge < -0.3 is 4.74 Å². The van der Waals surface area contributed by atoms with Gasteiger partial charge in [0, 0.05) is 0 Å². The first-order valence-corrected chi connectivity index (χ1v) is 8.05. The molecule has 0 bridgehead atoms. The van der Waals surface area contributed by atoms with Crippen LogP contribution in [-0.4, -0.2) is 17.2 Å². The van der Waals surface area contributed by atoms with Gasteiger partial charge in [0.2, 0.25) is 6.20 Å². The fourth-order valence-corrected chi connectivity index (χ4v) is 2.56. The average molecular weight is 431 g/mol. The van der Waals surface area contributed by atoms with E-state index in [4.69, 9.17) is 4.74 Å². The predicted molar refractivity (Wildman–Crippen MR) is 93.4 cm³/mol. The number of nitrogens with zero attached hydrogens (tertiary/aromatic N) is 2. The highest BCUT2D eigenvalue weighted by atomic mass is 79.9. The molecule has 1 unspecified atom stereocenters. The van der Waals surface area contributed by atoms with Crippen molar-refractivity contribution in [1.29, 1.82) is 5.26 Å². The van der Waals surface area contributed by atoms with Crippen LogP contribution in [0.5, 0.6) is 0 Å². The van der Waals surface area contributed by atoms with Crippen molar-refractivity contribution in [2.45, 2.75) is 25.6 Å². The zero-order valence-corrected chi connectivity index (χ0v) is 15.1. The molecule has 0 aromatic heterocycles. The summed E-state index contributed by atoms with van der Waals surface area (Å²) in [5, 5.41) is 19.8. The number of rotatable bonds is 5. The molecule has 0 aromatic carbocycles. The number of hydrogen-bond acceptors (Lipinski definition) is 4. The van der Waals surface area contributed by atoms with Gasteiger partial charge in [-0.25, -0.2) is 0 Å². The van der Waals surface area contributed by atoms with Crippen molar-refractivity contribution in [3.05, 3.63) is 80.2 Å². The summed E-state index contributed by atoms with van der Waals surface area (Å²) in [7, 11) is 0. The Balaban J connectivity index is 3.52. The number of nitriles is 1. The molecule has 0 fully saturated rings. The summed E-state index contributed by atoms with van der Waals surface area (Å²) in [4.78, 5) is 9.56. The molecule has 5 nitrogen and oxygen atoms in total. The van der Waals surface area contributed by atoms with Crippen LogP contribution < -0.4 is 0 Å². The molecule has 0 aromatic rings. The molecule has 0 heterocycles. The van der Waals surface area contributed by atoms with Gasteiger partial charge in [-0.05, 0) is 41.4 Å². The van der Waals surface area contributed by atoms with Crippen molar-refractivity contribution in [1.82, 2.24) is 0 Å². The standard InChI is InChI=1S/C17H14BrF3N2O3/c1-2-7-15(16(17(19,20)21)13(18)11-23(24)25)26-14-9-6-4-3-5-8-12(14)10-22/h2-4,6-9,11,14H,5H2,1H3/b4-3+,7-2-,9-6?,12-8-,13-11-,16-15-. The van der Waals surface area contributed by atoms with Crippen molar-refractivity contribution in [2.75, 3.05) is 0 Å². The van der Waals surface area contributed by atoms with E-state index in [-0.39, 0.29) is 11.8 Å². The van der Waals surface area contributed by atoms with E-state index >= 15 is 0 Å². The minimum atomic E-state index is -4.93.